The lowest BCUT2D eigenvalue weighted by Gasteiger charge is -2.57. The summed E-state index contributed by atoms with van der Waals surface area (Å²) in [4.78, 5) is 12.7. The van der Waals surface area contributed by atoms with Gasteiger partial charge in [-0.25, -0.2) is 0 Å². The largest absolute Gasteiger partial charge is 0.378 e. The SMILES string of the molecule is Cc1nn(C)c(C)c1/C=C/C(=O)Nc1ccccc1NC12CC3CC(CC(C3)C1)C2. The molecule has 0 saturated heterocycles. The molecule has 6 rings (SSSR count). The van der Waals surface area contributed by atoms with Gasteiger partial charge in [0, 0.05) is 29.9 Å². The van der Waals surface area contributed by atoms with E-state index in [1.54, 1.807) is 6.08 Å². The summed E-state index contributed by atoms with van der Waals surface area (Å²) in [6, 6.07) is 8.14. The highest BCUT2D eigenvalue weighted by Gasteiger charge is 2.51. The van der Waals surface area contributed by atoms with Crippen LogP contribution >= 0.6 is 0 Å². The smallest absolute Gasteiger partial charge is 0.248 e. The van der Waals surface area contributed by atoms with Crippen molar-refractivity contribution in [3.63, 3.8) is 0 Å². The Morgan fingerprint density at radius 2 is 1.67 bits per heavy atom. The van der Waals surface area contributed by atoms with Crippen molar-refractivity contribution in [3.05, 3.63) is 47.3 Å². The number of rotatable bonds is 5. The molecule has 30 heavy (non-hydrogen) atoms. The Labute approximate surface area is 178 Å². The topological polar surface area (TPSA) is 59.0 Å². The average Bonchev–Trinajstić information content (AvgIpc) is 2.92. The summed E-state index contributed by atoms with van der Waals surface area (Å²) in [5.74, 6) is 2.55. The summed E-state index contributed by atoms with van der Waals surface area (Å²) in [5.41, 5.74) is 5.13. The van der Waals surface area contributed by atoms with Gasteiger partial charge in [-0.15, -0.1) is 0 Å². The van der Waals surface area contributed by atoms with Gasteiger partial charge in [0.2, 0.25) is 5.91 Å². The monoisotopic (exact) mass is 404 g/mol. The summed E-state index contributed by atoms with van der Waals surface area (Å²) in [6.07, 6.45) is 11.6. The second kappa shape index (κ2) is 7.29. The van der Waals surface area contributed by atoms with Crippen molar-refractivity contribution in [1.82, 2.24) is 9.78 Å². The van der Waals surface area contributed by atoms with E-state index in [-0.39, 0.29) is 11.4 Å². The number of nitrogens with one attached hydrogen (secondary N) is 2. The molecule has 5 heteroatoms. The van der Waals surface area contributed by atoms with Gasteiger partial charge in [0.1, 0.15) is 0 Å². The van der Waals surface area contributed by atoms with Crippen LogP contribution in [-0.2, 0) is 11.8 Å². The summed E-state index contributed by atoms with van der Waals surface area (Å²) >= 11 is 0. The zero-order valence-electron chi connectivity index (χ0n) is 18.2. The lowest BCUT2D eigenvalue weighted by molar-refractivity contribution is -0.111. The first-order chi connectivity index (χ1) is 14.4. The highest BCUT2D eigenvalue weighted by Crippen LogP contribution is 2.56. The van der Waals surface area contributed by atoms with Crippen molar-refractivity contribution in [3.8, 4) is 0 Å². The van der Waals surface area contributed by atoms with Gasteiger partial charge in [-0.3, -0.25) is 9.48 Å². The second-order valence-corrected chi connectivity index (χ2v) is 9.90. The number of carbonyl (C=O) groups is 1. The fraction of sp³-hybridized carbons (Fsp3) is 0.520. The van der Waals surface area contributed by atoms with Crippen LogP contribution in [0.3, 0.4) is 0 Å². The molecule has 1 heterocycles. The zero-order valence-corrected chi connectivity index (χ0v) is 18.2. The minimum Gasteiger partial charge on any atom is -0.378 e. The average molecular weight is 405 g/mol. The van der Waals surface area contributed by atoms with E-state index in [9.17, 15) is 4.79 Å². The number of aromatic nitrogens is 2. The Kier molecular flexibility index (Phi) is 4.72. The maximum absolute atomic E-state index is 12.7. The molecule has 1 aromatic heterocycles. The van der Waals surface area contributed by atoms with Crippen LogP contribution in [0.25, 0.3) is 6.08 Å². The highest BCUT2D eigenvalue weighted by atomic mass is 16.1. The maximum atomic E-state index is 12.7. The molecule has 4 aliphatic rings. The number of aryl methyl sites for hydroxylation is 2. The van der Waals surface area contributed by atoms with Crippen molar-refractivity contribution in [2.24, 2.45) is 24.8 Å². The van der Waals surface area contributed by atoms with Crippen molar-refractivity contribution < 1.29 is 4.79 Å². The van der Waals surface area contributed by atoms with Crippen LogP contribution in [0.4, 0.5) is 11.4 Å². The highest BCUT2D eigenvalue weighted by molar-refractivity contribution is 6.03. The number of nitrogens with zero attached hydrogens (tertiary/aromatic N) is 2. The summed E-state index contributed by atoms with van der Waals surface area (Å²) in [6.45, 7) is 3.98. The molecule has 0 unspecified atom stereocenters. The molecule has 2 aromatic rings. The predicted molar refractivity (Wildman–Crippen MR) is 121 cm³/mol. The third-order valence-corrected chi connectivity index (χ3v) is 7.59. The molecule has 4 aliphatic carbocycles. The Balaban J connectivity index is 1.32. The molecule has 0 radical (unpaired) electrons. The van der Waals surface area contributed by atoms with E-state index in [1.807, 2.05) is 43.8 Å². The molecule has 5 nitrogen and oxygen atoms in total. The molecule has 1 aromatic carbocycles. The van der Waals surface area contributed by atoms with Crippen molar-refractivity contribution in [1.29, 1.82) is 0 Å². The van der Waals surface area contributed by atoms with Gasteiger partial charge in [-0.05, 0) is 88.3 Å². The van der Waals surface area contributed by atoms with E-state index in [1.165, 1.54) is 38.5 Å². The summed E-state index contributed by atoms with van der Waals surface area (Å²) in [5, 5.41) is 11.4. The Bertz CT molecular complexity index is 967. The Morgan fingerprint density at radius 3 is 2.23 bits per heavy atom. The van der Waals surface area contributed by atoms with Gasteiger partial charge in [0.15, 0.2) is 0 Å². The van der Waals surface area contributed by atoms with Gasteiger partial charge < -0.3 is 10.6 Å². The van der Waals surface area contributed by atoms with Crippen LogP contribution in [-0.4, -0.2) is 21.2 Å². The fourth-order valence-electron chi connectivity index (χ4n) is 6.62. The minimum absolute atomic E-state index is 0.114. The number of hydrogen-bond acceptors (Lipinski definition) is 3. The third-order valence-electron chi connectivity index (χ3n) is 7.59. The zero-order chi connectivity index (χ0) is 20.9. The van der Waals surface area contributed by atoms with E-state index >= 15 is 0 Å². The van der Waals surface area contributed by atoms with Gasteiger partial charge >= 0.3 is 0 Å². The van der Waals surface area contributed by atoms with Crippen LogP contribution in [0.2, 0.25) is 0 Å². The van der Waals surface area contributed by atoms with E-state index in [2.05, 4.69) is 27.9 Å². The molecule has 4 saturated carbocycles. The Hall–Kier alpha value is -2.56. The number of anilines is 2. The standard InChI is InChI=1S/C25H32N4O/c1-16-21(17(2)29(3)28-16)8-9-24(30)26-22-6-4-5-7-23(22)27-25-13-18-10-19(14-25)12-20(11-18)15-25/h4-9,18-20,27H,10-15H2,1-3H3,(H,26,30)/b9-8+. The first kappa shape index (κ1) is 19.4. The normalized spacial score (nSPS) is 29.5. The summed E-state index contributed by atoms with van der Waals surface area (Å²) < 4.78 is 1.84. The van der Waals surface area contributed by atoms with E-state index in [4.69, 9.17) is 0 Å². The molecule has 4 fully saturated rings. The van der Waals surface area contributed by atoms with Crippen molar-refractivity contribution in [2.45, 2.75) is 57.9 Å². The molecule has 4 bridgehead atoms. The fourth-order valence-corrected chi connectivity index (χ4v) is 6.62. The lowest BCUT2D eigenvalue weighted by atomic mass is 9.53. The minimum atomic E-state index is -0.114. The van der Waals surface area contributed by atoms with Crippen LogP contribution < -0.4 is 10.6 Å². The van der Waals surface area contributed by atoms with E-state index in [0.29, 0.717) is 0 Å². The van der Waals surface area contributed by atoms with Gasteiger partial charge in [0.25, 0.3) is 0 Å². The molecular formula is C25H32N4O. The lowest BCUT2D eigenvalue weighted by Crippen LogP contribution is -2.54. The van der Waals surface area contributed by atoms with Crippen LogP contribution in [0.5, 0.6) is 0 Å². The van der Waals surface area contributed by atoms with Crippen molar-refractivity contribution in [2.75, 3.05) is 10.6 Å². The molecule has 0 aliphatic heterocycles. The molecule has 0 atom stereocenters. The predicted octanol–water partition coefficient (Wildman–Crippen LogP) is 5.07. The quantitative estimate of drug-likeness (QED) is 0.684. The van der Waals surface area contributed by atoms with Crippen LogP contribution in [0.1, 0.15) is 55.5 Å². The van der Waals surface area contributed by atoms with Gasteiger partial charge in [0.05, 0.1) is 17.1 Å². The second-order valence-electron chi connectivity index (χ2n) is 9.90. The number of benzene rings is 1. The molecule has 2 N–H and O–H groups in total. The summed E-state index contributed by atoms with van der Waals surface area (Å²) in [7, 11) is 1.92. The molecule has 1 amide bonds. The maximum Gasteiger partial charge on any atom is 0.248 e. The molecule has 158 valence electrons. The third kappa shape index (κ3) is 3.55. The van der Waals surface area contributed by atoms with Crippen LogP contribution in [0.15, 0.2) is 30.3 Å². The number of hydrogen-bond donors (Lipinski definition) is 2. The number of amides is 1. The number of carbonyl (C=O) groups excluding carboxylic acids is 1. The first-order valence-corrected chi connectivity index (χ1v) is 11.3. The van der Waals surface area contributed by atoms with Crippen molar-refractivity contribution >= 4 is 23.4 Å². The number of para-hydroxylation sites is 2. The van der Waals surface area contributed by atoms with E-state index < -0.39 is 0 Å². The Morgan fingerprint density at radius 1 is 1.07 bits per heavy atom. The molecular weight excluding hydrogens is 372 g/mol. The molecule has 0 spiro atoms. The van der Waals surface area contributed by atoms with E-state index in [0.717, 1.165) is 46.1 Å². The van der Waals surface area contributed by atoms with Gasteiger partial charge in [-0.2, -0.15) is 5.10 Å². The first-order valence-electron chi connectivity index (χ1n) is 11.3. The van der Waals surface area contributed by atoms with Gasteiger partial charge in [-0.1, -0.05) is 12.1 Å². The van der Waals surface area contributed by atoms with Crippen LogP contribution in [0, 0.1) is 31.6 Å².